The van der Waals surface area contributed by atoms with Crippen molar-refractivity contribution in [2.24, 2.45) is 17.8 Å². The largest absolute Gasteiger partial charge is 0.379 e. The summed E-state index contributed by atoms with van der Waals surface area (Å²) in [6.45, 7) is 3.56. The molecule has 6 rings (SSSR count). The van der Waals surface area contributed by atoms with Gasteiger partial charge in [-0.25, -0.2) is 4.98 Å². The van der Waals surface area contributed by atoms with Crippen molar-refractivity contribution in [3.8, 4) is 0 Å². The predicted molar refractivity (Wildman–Crippen MR) is 97.9 cm³/mol. The molecule has 0 spiro atoms. The summed E-state index contributed by atoms with van der Waals surface area (Å²) in [4.78, 5) is 19.3. The van der Waals surface area contributed by atoms with E-state index in [0.29, 0.717) is 12.0 Å². The second-order valence-electron chi connectivity index (χ2n) is 8.67. The third-order valence-corrected chi connectivity index (χ3v) is 7.56. The van der Waals surface area contributed by atoms with Crippen LogP contribution < -0.4 is 5.32 Å². The van der Waals surface area contributed by atoms with Crippen molar-refractivity contribution in [1.29, 1.82) is 0 Å². The van der Waals surface area contributed by atoms with Gasteiger partial charge in [0.15, 0.2) is 5.13 Å². The average molecular weight is 362 g/mol. The van der Waals surface area contributed by atoms with E-state index < -0.39 is 0 Å². The first-order valence-corrected chi connectivity index (χ1v) is 10.6. The van der Waals surface area contributed by atoms with Gasteiger partial charge < -0.3 is 10.1 Å². The van der Waals surface area contributed by atoms with E-state index in [1.807, 2.05) is 0 Å². The second kappa shape index (κ2) is 6.32. The van der Waals surface area contributed by atoms with E-state index in [1.54, 1.807) is 11.3 Å². The Bertz CT molecular complexity index is 618. The fraction of sp³-hybridized carbons (Fsp3) is 0.789. The van der Waals surface area contributed by atoms with Gasteiger partial charge in [-0.3, -0.25) is 9.69 Å². The maximum Gasteiger partial charge on any atom is 0.240 e. The average Bonchev–Trinajstić information content (AvgIpc) is 3.04. The van der Waals surface area contributed by atoms with Crippen LogP contribution in [0.4, 0.5) is 5.13 Å². The molecule has 0 unspecified atom stereocenters. The van der Waals surface area contributed by atoms with E-state index in [1.165, 1.54) is 44.2 Å². The SMILES string of the molecule is O=C(CN1CCOCC1)Nc1nc(C23CC4CC(CC(C4)C2)C3)cs1. The first-order valence-electron chi connectivity index (χ1n) is 9.74. The van der Waals surface area contributed by atoms with Crippen molar-refractivity contribution < 1.29 is 9.53 Å². The van der Waals surface area contributed by atoms with E-state index in [2.05, 4.69) is 15.6 Å². The van der Waals surface area contributed by atoms with Crippen LogP contribution in [0.1, 0.15) is 44.2 Å². The zero-order valence-electron chi connectivity index (χ0n) is 14.7. The molecule has 5 aliphatic rings. The molecule has 136 valence electrons. The molecule has 1 saturated heterocycles. The van der Waals surface area contributed by atoms with Crippen LogP contribution in [0.25, 0.3) is 0 Å². The Labute approximate surface area is 153 Å². The lowest BCUT2D eigenvalue weighted by molar-refractivity contribution is -0.118. The summed E-state index contributed by atoms with van der Waals surface area (Å²) in [6.07, 6.45) is 8.32. The van der Waals surface area contributed by atoms with E-state index in [-0.39, 0.29) is 5.91 Å². The summed E-state index contributed by atoms with van der Waals surface area (Å²) in [5, 5.41) is 6.03. The van der Waals surface area contributed by atoms with Crippen LogP contribution in [0.3, 0.4) is 0 Å². The molecule has 1 N–H and O–H groups in total. The van der Waals surface area contributed by atoms with E-state index >= 15 is 0 Å². The van der Waals surface area contributed by atoms with Crippen LogP contribution in [0, 0.1) is 17.8 Å². The number of thiazole rings is 1. The Morgan fingerprint density at radius 1 is 1.20 bits per heavy atom. The second-order valence-corrected chi connectivity index (χ2v) is 9.53. The molecule has 5 fully saturated rings. The van der Waals surface area contributed by atoms with Crippen molar-refractivity contribution in [3.63, 3.8) is 0 Å². The molecule has 6 heteroatoms. The number of morpholine rings is 1. The fourth-order valence-electron chi connectivity index (χ4n) is 6.12. The number of aromatic nitrogens is 1. The molecule has 1 amide bonds. The summed E-state index contributed by atoms with van der Waals surface area (Å²) in [7, 11) is 0. The van der Waals surface area contributed by atoms with Gasteiger partial charge in [0, 0.05) is 23.9 Å². The van der Waals surface area contributed by atoms with E-state index in [4.69, 9.17) is 9.72 Å². The summed E-state index contributed by atoms with van der Waals surface area (Å²) >= 11 is 1.60. The minimum atomic E-state index is 0.0494. The number of carbonyl (C=O) groups is 1. The lowest BCUT2D eigenvalue weighted by Gasteiger charge is -2.56. The van der Waals surface area contributed by atoms with Gasteiger partial charge in [-0.2, -0.15) is 0 Å². The maximum atomic E-state index is 12.3. The number of anilines is 1. The number of amides is 1. The van der Waals surface area contributed by atoms with Crippen molar-refractivity contribution in [1.82, 2.24) is 9.88 Å². The van der Waals surface area contributed by atoms with Gasteiger partial charge in [-0.1, -0.05) is 0 Å². The zero-order chi connectivity index (χ0) is 16.9. The highest BCUT2D eigenvalue weighted by Crippen LogP contribution is 2.60. The molecule has 4 bridgehead atoms. The summed E-state index contributed by atoms with van der Waals surface area (Å²) in [5.41, 5.74) is 1.58. The summed E-state index contributed by atoms with van der Waals surface area (Å²) < 4.78 is 5.34. The number of nitrogens with one attached hydrogen (secondary N) is 1. The highest BCUT2D eigenvalue weighted by Gasteiger charge is 2.52. The number of ether oxygens (including phenoxy) is 1. The van der Waals surface area contributed by atoms with E-state index in [9.17, 15) is 4.79 Å². The Morgan fingerprint density at radius 2 is 1.84 bits per heavy atom. The minimum absolute atomic E-state index is 0.0494. The van der Waals surface area contributed by atoms with Crippen LogP contribution in [-0.2, 0) is 14.9 Å². The van der Waals surface area contributed by atoms with Crippen LogP contribution in [0.15, 0.2) is 5.38 Å². The third-order valence-electron chi connectivity index (χ3n) is 6.80. The van der Waals surface area contributed by atoms with Crippen LogP contribution in [0.2, 0.25) is 0 Å². The highest BCUT2D eigenvalue weighted by molar-refractivity contribution is 7.13. The molecule has 0 aromatic carbocycles. The lowest BCUT2D eigenvalue weighted by Crippen LogP contribution is -2.48. The third kappa shape index (κ3) is 3.13. The van der Waals surface area contributed by atoms with Crippen molar-refractivity contribution in [2.75, 3.05) is 38.2 Å². The quantitative estimate of drug-likeness (QED) is 0.896. The first-order chi connectivity index (χ1) is 12.2. The first kappa shape index (κ1) is 16.2. The van der Waals surface area contributed by atoms with Crippen LogP contribution in [0.5, 0.6) is 0 Å². The standard InChI is InChI=1S/C19H27N3O2S/c23-17(11-22-1-3-24-4-2-22)21-18-20-16(12-25-18)19-8-13-5-14(9-19)7-15(6-13)10-19/h12-15H,1-11H2,(H,20,21,23). The fourth-order valence-corrected chi connectivity index (χ4v) is 6.97. The molecule has 1 aromatic rings. The predicted octanol–water partition coefficient (Wildman–Crippen LogP) is 2.88. The summed E-state index contributed by atoms with van der Waals surface area (Å²) in [6, 6.07) is 0. The monoisotopic (exact) mass is 361 g/mol. The van der Waals surface area contributed by atoms with Crippen LogP contribution in [-0.4, -0.2) is 48.6 Å². The Kier molecular flexibility index (Phi) is 4.10. The highest BCUT2D eigenvalue weighted by atomic mass is 32.1. The van der Waals surface area contributed by atoms with Crippen molar-refractivity contribution >= 4 is 22.4 Å². The van der Waals surface area contributed by atoms with Crippen molar-refractivity contribution in [2.45, 2.75) is 43.9 Å². The topological polar surface area (TPSA) is 54.5 Å². The molecule has 1 aromatic heterocycles. The number of hydrogen-bond donors (Lipinski definition) is 1. The molecule has 4 aliphatic carbocycles. The normalized spacial score (nSPS) is 37.4. The van der Waals surface area contributed by atoms with Crippen molar-refractivity contribution in [3.05, 3.63) is 11.1 Å². The molecule has 0 atom stereocenters. The van der Waals surface area contributed by atoms with Gasteiger partial charge in [-0.15, -0.1) is 11.3 Å². The maximum absolute atomic E-state index is 12.3. The minimum Gasteiger partial charge on any atom is -0.379 e. The Morgan fingerprint density at radius 3 is 2.48 bits per heavy atom. The van der Waals surface area contributed by atoms with Gasteiger partial charge in [-0.05, 0) is 56.3 Å². The number of hydrogen-bond acceptors (Lipinski definition) is 5. The molecular formula is C19H27N3O2S. The smallest absolute Gasteiger partial charge is 0.240 e. The number of nitrogens with zero attached hydrogens (tertiary/aromatic N) is 2. The van der Waals surface area contributed by atoms with Gasteiger partial charge in [0.2, 0.25) is 5.91 Å². The van der Waals surface area contributed by atoms with Gasteiger partial charge in [0.05, 0.1) is 25.5 Å². The molecule has 1 aliphatic heterocycles. The molecular weight excluding hydrogens is 334 g/mol. The van der Waals surface area contributed by atoms with Gasteiger partial charge >= 0.3 is 0 Å². The number of rotatable bonds is 4. The molecule has 5 nitrogen and oxygen atoms in total. The zero-order valence-corrected chi connectivity index (χ0v) is 15.5. The molecule has 0 radical (unpaired) electrons. The van der Waals surface area contributed by atoms with Crippen LogP contribution >= 0.6 is 11.3 Å². The van der Waals surface area contributed by atoms with E-state index in [0.717, 1.165) is 49.2 Å². The lowest BCUT2D eigenvalue weighted by atomic mass is 9.49. The van der Waals surface area contributed by atoms with Gasteiger partial charge in [0.1, 0.15) is 0 Å². The molecule has 2 heterocycles. The molecule has 25 heavy (non-hydrogen) atoms. The molecule has 4 saturated carbocycles. The number of carbonyl (C=O) groups excluding carboxylic acids is 1. The Hall–Kier alpha value is -0.980. The Balaban J connectivity index is 1.25. The summed E-state index contributed by atoms with van der Waals surface area (Å²) in [5.74, 6) is 2.82. The van der Waals surface area contributed by atoms with Gasteiger partial charge in [0.25, 0.3) is 0 Å².